The normalized spacial score (nSPS) is 11.4. The smallest absolute Gasteiger partial charge is 0.361 e. The lowest BCUT2D eigenvalue weighted by atomic mass is 10.0. The minimum Gasteiger partial charge on any atom is -0.361 e. The Balaban J connectivity index is 1.52. The van der Waals surface area contributed by atoms with Crippen molar-refractivity contribution in [3.63, 3.8) is 0 Å². The van der Waals surface area contributed by atoms with E-state index in [0.29, 0.717) is 16.2 Å². The van der Waals surface area contributed by atoms with Crippen LogP contribution < -0.4 is 10.2 Å². The highest BCUT2D eigenvalue weighted by molar-refractivity contribution is 7.16. The first kappa shape index (κ1) is 25.2. The topological polar surface area (TPSA) is 78.7 Å². The van der Waals surface area contributed by atoms with Crippen LogP contribution in [0, 0.1) is 11.8 Å². The number of hydrogen-bond acceptors (Lipinski definition) is 7. The van der Waals surface area contributed by atoms with Crippen LogP contribution in [0.5, 0.6) is 0 Å². The number of nitrogens with one attached hydrogen (secondary N) is 1. The Morgan fingerprint density at radius 3 is 2.56 bits per heavy atom. The van der Waals surface area contributed by atoms with Gasteiger partial charge in [0.15, 0.2) is 10.8 Å². The molecule has 0 unspecified atom stereocenters. The third kappa shape index (κ3) is 5.64. The van der Waals surface area contributed by atoms with E-state index in [1.807, 2.05) is 31.1 Å². The van der Waals surface area contributed by atoms with Crippen LogP contribution in [0.4, 0.5) is 24.1 Å². The van der Waals surface area contributed by atoms with Crippen molar-refractivity contribution in [3.05, 3.63) is 70.0 Å². The first-order chi connectivity index (χ1) is 17.0. The second kappa shape index (κ2) is 9.96. The van der Waals surface area contributed by atoms with Gasteiger partial charge in [0, 0.05) is 26.2 Å². The summed E-state index contributed by atoms with van der Waals surface area (Å²) < 4.78 is 42.3. The van der Waals surface area contributed by atoms with Gasteiger partial charge in [-0.1, -0.05) is 17.4 Å². The van der Waals surface area contributed by atoms with Crippen molar-refractivity contribution < 1.29 is 18.0 Å². The molecule has 0 fully saturated rings. The Morgan fingerprint density at radius 1 is 1.08 bits per heavy atom. The molecule has 0 radical (unpaired) electrons. The first-order valence-corrected chi connectivity index (χ1v) is 11.5. The van der Waals surface area contributed by atoms with E-state index in [1.165, 1.54) is 18.3 Å². The fourth-order valence-corrected chi connectivity index (χ4v) is 4.00. The van der Waals surface area contributed by atoms with Crippen LogP contribution in [-0.4, -0.2) is 58.6 Å². The van der Waals surface area contributed by atoms with E-state index >= 15 is 0 Å². The highest BCUT2D eigenvalue weighted by Crippen LogP contribution is 2.33. The predicted molar refractivity (Wildman–Crippen MR) is 132 cm³/mol. The summed E-state index contributed by atoms with van der Waals surface area (Å²) in [6.07, 6.45) is -1.49. The molecular formula is C24H22F3N7OS. The average molecular weight is 514 g/mol. The number of hydrogen-bond donors (Lipinski definition) is 1. The van der Waals surface area contributed by atoms with Crippen molar-refractivity contribution in [2.45, 2.75) is 12.7 Å². The maximum absolute atomic E-state index is 13.5. The molecule has 0 bridgehead atoms. The Kier molecular flexibility index (Phi) is 6.96. The van der Waals surface area contributed by atoms with Gasteiger partial charge in [0.2, 0.25) is 0 Å². The Bertz CT molecular complexity index is 1480. The number of fused-ring (bicyclic) bond motifs is 1. The summed E-state index contributed by atoms with van der Waals surface area (Å²) in [4.78, 5) is 25.1. The summed E-state index contributed by atoms with van der Waals surface area (Å²) in [5, 5.41) is 7.27. The molecule has 36 heavy (non-hydrogen) atoms. The average Bonchev–Trinajstić information content (AvgIpc) is 3.42. The van der Waals surface area contributed by atoms with Crippen LogP contribution in [0.3, 0.4) is 0 Å². The van der Waals surface area contributed by atoms with Gasteiger partial charge >= 0.3 is 6.18 Å². The lowest BCUT2D eigenvalue weighted by molar-refractivity contribution is -0.138. The number of aromatic nitrogens is 4. The lowest BCUT2D eigenvalue weighted by Crippen LogP contribution is -2.19. The van der Waals surface area contributed by atoms with Gasteiger partial charge in [-0.2, -0.15) is 13.2 Å². The molecule has 8 nitrogen and oxygen atoms in total. The Morgan fingerprint density at radius 2 is 1.86 bits per heavy atom. The van der Waals surface area contributed by atoms with Gasteiger partial charge in [0.05, 0.1) is 22.8 Å². The molecule has 0 aliphatic rings. The van der Waals surface area contributed by atoms with E-state index in [0.717, 1.165) is 23.2 Å². The molecule has 0 saturated carbocycles. The standard InChI is InChI=1S/C24H22F3N7OS/c1-32(2)14-16-6-5-15(11-19(16)24(25,26)27)22(35)30-23-29-13-18(36-23)8-7-17-12-28-20-9-10-21(33(3)4)31-34(17)20/h5-6,9-13H,14H2,1-4H3,(H,29,30,35). The van der Waals surface area contributed by atoms with Crippen LogP contribution in [0.15, 0.2) is 42.7 Å². The number of alkyl halides is 3. The minimum atomic E-state index is -4.58. The summed E-state index contributed by atoms with van der Waals surface area (Å²) in [6, 6.07) is 7.25. The van der Waals surface area contributed by atoms with Crippen LogP contribution in [0.2, 0.25) is 0 Å². The van der Waals surface area contributed by atoms with Crippen molar-refractivity contribution in [3.8, 4) is 11.8 Å². The first-order valence-electron chi connectivity index (χ1n) is 10.7. The lowest BCUT2D eigenvalue weighted by Gasteiger charge is -2.17. The van der Waals surface area contributed by atoms with E-state index in [4.69, 9.17) is 0 Å². The fraction of sp³-hybridized carbons (Fsp3) is 0.250. The molecule has 186 valence electrons. The van der Waals surface area contributed by atoms with Crippen LogP contribution in [0.25, 0.3) is 5.65 Å². The van der Waals surface area contributed by atoms with Crippen LogP contribution in [-0.2, 0) is 12.7 Å². The highest BCUT2D eigenvalue weighted by Gasteiger charge is 2.34. The number of imidazole rings is 1. The zero-order chi connectivity index (χ0) is 26.0. The van der Waals surface area contributed by atoms with E-state index in [-0.39, 0.29) is 22.8 Å². The molecule has 3 heterocycles. The van der Waals surface area contributed by atoms with Crippen LogP contribution >= 0.6 is 11.3 Å². The van der Waals surface area contributed by atoms with Gasteiger partial charge in [-0.05, 0) is 55.8 Å². The van der Waals surface area contributed by atoms with Gasteiger partial charge in [-0.25, -0.2) is 14.5 Å². The molecule has 0 aliphatic heterocycles. The maximum Gasteiger partial charge on any atom is 0.416 e. The third-order valence-corrected chi connectivity index (χ3v) is 5.84. The molecule has 0 aliphatic carbocycles. The number of amides is 1. The zero-order valence-electron chi connectivity index (χ0n) is 19.9. The number of carbonyl (C=O) groups is 1. The molecule has 1 N–H and O–H groups in total. The summed E-state index contributed by atoms with van der Waals surface area (Å²) in [5.74, 6) is 6.01. The van der Waals surface area contributed by atoms with Crippen molar-refractivity contribution >= 4 is 33.8 Å². The molecule has 4 aromatic rings. The molecule has 4 rings (SSSR count). The third-order valence-electron chi connectivity index (χ3n) is 5.01. The molecule has 12 heteroatoms. The van der Waals surface area contributed by atoms with Gasteiger partial charge < -0.3 is 9.80 Å². The summed E-state index contributed by atoms with van der Waals surface area (Å²) in [5.41, 5.74) is 0.368. The SMILES string of the molecule is CN(C)Cc1ccc(C(=O)Nc2ncc(C#Cc3cnc4ccc(N(C)C)nn34)s2)cc1C(F)(F)F. The monoisotopic (exact) mass is 513 g/mol. The van der Waals surface area contributed by atoms with E-state index in [2.05, 4.69) is 32.2 Å². The number of benzene rings is 1. The minimum absolute atomic E-state index is 0.0930. The predicted octanol–water partition coefficient (Wildman–Crippen LogP) is 3.98. The second-order valence-corrected chi connectivity index (χ2v) is 9.37. The summed E-state index contributed by atoms with van der Waals surface area (Å²) in [6.45, 7) is 0.101. The molecule has 1 aromatic carbocycles. The molecule has 1 amide bonds. The Hall–Kier alpha value is -3.95. The maximum atomic E-state index is 13.5. The number of rotatable bonds is 5. The molecule has 0 saturated heterocycles. The largest absolute Gasteiger partial charge is 0.416 e. The second-order valence-electron chi connectivity index (χ2n) is 8.34. The molecule has 3 aromatic heterocycles. The number of carbonyl (C=O) groups excluding carboxylic acids is 1. The van der Waals surface area contributed by atoms with Gasteiger partial charge in [-0.3, -0.25) is 10.1 Å². The highest BCUT2D eigenvalue weighted by atomic mass is 32.1. The van der Waals surface area contributed by atoms with Crippen molar-refractivity contribution in [2.75, 3.05) is 38.4 Å². The summed E-state index contributed by atoms with van der Waals surface area (Å²) in [7, 11) is 7.12. The van der Waals surface area contributed by atoms with Gasteiger partial charge in [0.1, 0.15) is 11.5 Å². The fourth-order valence-electron chi connectivity index (χ4n) is 3.33. The number of halogens is 3. The Labute approximate surface area is 209 Å². The quantitative estimate of drug-likeness (QED) is 0.407. The molecule has 0 spiro atoms. The van der Waals surface area contributed by atoms with Crippen molar-refractivity contribution in [2.24, 2.45) is 0 Å². The summed E-state index contributed by atoms with van der Waals surface area (Å²) >= 11 is 1.11. The van der Waals surface area contributed by atoms with Gasteiger partial charge in [-0.15, -0.1) is 5.10 Å². The zero-order valence-corrected chi connectivity index (χ0v) is 20.7. The molecular weight excluding hydrogens is 491 g/mol. The van der Waals surface area contributed by atoms with E-state index < -0.39 is 17.6 Å². The van der Waals surface area contributed by atoms with Gasteiger partial charge in [0.25, 0.3) is 5.91 Å². The number of anilines is 2. The van der Waals surface area contributed by atoms with E-state index in [1.54, 1.807) is 29.7 Å². The van der Waals surface area contributed by atoms with Crippen LogP contribution in [0.1, 0.15) is 32.1 Å². The number of thiazole rings is 1. The van der Waals surface area contributed by atoms with Crippen molar-refractivity contribution in [1.82, 2.24) is 24.5 Å². The van der Waals surface area contributed by atoms with E-state index in [9.17, 15) is 18.0 Å². The van der Waals surface area contributed by atoms with Crippen molar-refractivity contribution in [1.29, 1.82) is 0 Å². The molecule has 0 atom stereocenters. The number of nitrogens with zero attached hydrogens (tertiary/aromatic N) is 6.